The van der Waals surface area contributed by atoms with Crippen molar-refractivity contribution in [2.45, 2.75) is 39.5 Å². The lowest BCUT2D eigenvalue weighted by molar-refractivity contribution is -0.120. The Kier molecular flexibility index (Phi) is 7.09. The van der Waals surface area contributed by atoms with Gasteiger partial charge in [0.15, 0.2) is 0 Å². The smallest absolute Gasteiger partial charge is 0.228 e. The Labute approximate surface area is 174 Å². The zero-order valence-electron chi connectivity index (χ0n) is 17.2. The van der Waals surface area contributed by atoms with Crippen LogP contribution in [0.3, 0.4) is 0 Å². The molecule has 5 nitrogen and oxygen atoms in total. The van der Waals surface area contributed by atoms with Crippen molar-refractivity contribution in [1.29, 1.82) is 0 Å². The number of piperidine rings is 1. The van der Waals surface area contributed by atoms with Crippen LogP contribution in [0, 0.1) is 19.8 Å². The minimum atomic E-state index is -3.35. The molecule has 2 aromatic carbocycles. The van der Waals surface area contributed by atoms with Crippen LogP contribution >= 0.6 is 0 Å². The third kappa shape index (κ3) is 5.90. The zero-order valence-corrected chi connectivity index (χ0v) is 18.0. The minimum absolute atomic E-state index is 0.0996. The first kappa shape index (κ1) is 21.5. The molecule has 0 bridgehead atoms. The summed E-state index contributed by atoms with van der Waals surface area (Å²) in [4.78, 5) is 12.7. The van der Waals surface area contributed by atoms with Crippen LogP contribution in [0.1, 0.15) is 36.0 Å². The Morgan fingerprint density at radius 1 is 1.10 bits per heavy atom. The molecule has 0 spiro atoms. The van der Waals surface area contributed by atoms with Crippen molar-refractivity contribution in [3.63, 3.8) is 0 Å². The molecule has 29 heavy (non-hydrogen) atoms. The van der Waals surface area contributed by atoms with E-state index in [0.29, 0.717) is 25.8 Å². The number of hydrogen-bond acceptors (Lipinski definition) is 3. The number of aryl methyl sites for hydroxylation is 3. The van der Waals surface area contributed by atoms with E-state index in [1.54, 1.807) is 0 Å². The lowest BCUT2D eigenvalue weighted by Crippen LogP contribution is -2.44. The highest BCUT2D eigenvalue weighted by atomic mass is 32.2. The molecule has 2 aromatic rings. The molecule has 6 heteroatoms. The third-order valence-corrected chi connectivity index (χ3v) is 7.56. The van der Waals surface area contributed by atoms with Gasteiger partial charge in [0.05, 0.1) is 11.7 Å². The number of benzene rings is 2. The Hall–Kier alpha value is -2.18. The molecule has 1 heterocycles. The number of nitrogens with one attached hydrogen (secondary N) is 1. The van der Waals surface area contributed by atoms with Gasteiger partial charge >= 0.3 is 0 Å². The van der Waals surface area contributed by atoms with Gasteiger partial charge in [-0.2, -0.15) is 0 Å². The van der Waals surface area contributed by atoms with Crippen LogP contribution in [0.2, 0.25) is 0 Å². The summed E-state index contributed by atoms with van der Waals surface area (Å²) in [5.74, 6) is -0.292. The van der Waals surface area contributed by atoms with E-state index in [2.05, 4.69) is 5.32 Å². The van der Waals surface area contributed by atoms with Crippen molar-refractivity contribution < 1.29 is 13.2 Å². The summed E-state index contributed by atoms with van der Waals surface area (Å²) in [5, 5.41) is 2.96. The monoisotopic (exact) mass is 414 g/mol. The van der Waals surface area contributed by atoms with Gasteiger partial charge in [-0.3, -0.25) is 4.79 Å². The number of hydrogen-bond donors (Lipinski definition) is 1. The molecule has 0 saturated carbocycles. The molecule has 1 atom stereocenters. The summed E-state index contributed by atoms with van der Waals surface area (Å²) in [7, 11) is -3.35. The summed E-state index contributed by atoms with van der Waals surface area (Å²) in [6.07, 6.45) is 2.75. The number of anilines is 1. The minimum Gasteiger partial charge on any atom is -0.326 e. The maximum absolute atomic E-state index is 12.8. The second-order valence-electron chi connectivity index (χ2n) is 7.89. The van der Waals surface area contributed by atoms with E-state index >= 15 is 0 Å². The van der Waals surface area contributed by atoms with Crippen molar-refractivity contribution in [1.82, 2.24) is 4.31 Å². The second-order valence-corrected chi connectivity index (χ2v) is 9.98. The second kappa shape index (κ2) is 9.55. The van der Waals surface area contributed by atoms with Gasteiger partial charge in [-0.05, 0) is 68.4 Å². The number of rotatable bonds is 7. The fraction of sp³-hybridized carbons (Fsp3) is 0.435. The summed E-state index contributed by atoms with van der Waals surface area (Å²) >= 11 is 0. The van der Waals surface area contributed by atoms with E-state index in [1.165, 1.54) is 9.87 Å². The summed E-state index contributed by atoms with van der Waals surface area (Å²) in [6, 6.07) is 15.7. The summed E-state index contributed by atoms with van der Waals surface area (Å²) in [5.41, 5.74) is 4.20. The number of sulfonamides is 1. The normalized spacial score (nSPS) is 17.8. The molecule has 0 aliphatic carbocycles. The fourth-order valence-corrected chi connectivity index (χ4v) is 5.29. The van der Waals surface area contributed by atoms with E-state index in [9.17, 15) is 13.2 Å². The van der Waals surface area contributed by atoms with Gasteiger partial charge in [0.25, 0.3) is 0 Å². The standard InChI is InChI=1S/C23H30N2O3S/c1-18-12-13-22(16-19(18)2)24-23(26)21-11-6-14-25(17-21)29(27,28)15-7-10-20-8-4-3-5-9-20/h3-5,8-9,12-13,16,21H,6-7,10-11,14-15,17H2,1-2H3,(H,24,26). The van der Waals surface area contributed by atoms with Gasteiger partial charge in [-0.15, -0.1) is 0 Å². The Morgan fingerprint density at radius 2 is 1.86 bits per heavy atom. The summed E-state index contributed by atoms with van der Waals surface area (Å²) in [6.45, 7) is 4.81. The van der Waals surface area contributed by atoms with Crippen molar-refractivity contribution in [2.24, 2.45) is 5.92 Å². The van der Waals surface area contributed by atoms with E-state index in [4.69, 9.17) is 0 Å². The molecule has 1 N–H and O–H groups in total. The first-order valence-electron chi connectivity index (χ1n) is 10.2. The molecule has 1 aliphatic heterocycles. The molecule has 156 valence electrons. The van der Waals surface area contributed by atoms with E-state index in [-0.39, 0.29) is 24.1 Å². The van der Waals surface area contributed by atoms with Crippen molar-refractivity contribution >= 4 is 21.6 Å². The zero-order chi connectivity index (χ0) is 20.9. The summed E-state index contributed by atoms with van der Waals surface area (Å²) < 4.78 is 27.1. The molecule has 1 aliphatic rings. The van der Waals surface area contributed by atoms with Crippen LogP contribution in [0.5, 0.6) is 0 Å². The maximum Gasteiger partial charge on any atom is 0.228 e. The Bertz CT molecular complexity index is 942. The van der Waals surface area contributed by atoms with Gasteiger partial charge in [-0.1, -0.05) is 36.4 Å². The first-order chi connectivity index (χ1) is 13.8. The molecule has 0 aromatic heterocycles. The van der Waals surface area contributed by atoms with Gasteiger partial charge in [0.1, 0.15) is 0 Å². The van der Waals surface area contributed by atoms with Crippen molar-refractivity contribution in [3.8, 4) is 0 Å². The van der Waals surface area contributed by atoms with E-state index in [0.717, 1.165) is 23.2 Å². The van der Waals surface area contributed by atoms with Gasteiger partial charge in [0, 0.05) is 18.8 Å². The van der Waals surface area contributed by atoms with Crippen molar-refractivity contribution in [3.05, 3.63) is 65.2 Å². The molecule has 3 rings (SSSR count). The Balaban J connectivity index is 1.55. The number of amides is 1. The predicted molar refractivity (Wildman–Crippen MR) is 117 cm³/mol. The molecule has 1 amide bonds. The molecule has 0 radical (unpaired) electrons. The largest absolute Gasteiger partial charge is 0.326 e. The number of nitrogens with zero attached hydrogens (tertiary/aromatic N) is 1. The number of carbonyl (C=O) groups excluding carboxylic acids is 1. The quantitative estimate of drug-likeness (QED) is 0.747. The topological polar surface area (TPSA) is 66.5 Å². The molecule has 1 saturated heterocycles. The lowest BCUT2D eigenvalue weighted by atomic mass is 9.98. The Morgan fingerprint density at radius 3 is 2.59 bits per heavy atom. The fourth-order valence-electron chi connectivity index (χ4n) is 3.71. The first-order valence-corrected chi connectivity index (χ1v) is 11.9. The van der Waals surface area contributed by atoms with Crippen LogP contribution in [-0.4, -0.2) is 37.5 Å². The SMILES string of the molecule is Cc1ccc(NC(=O)C2CCCN(S(=O)(=O)CCCc3ccccc3)C2)cc1C. The molecular weight excluding hydrogens is 384 g/mol. The molecular formula is C23H30N2O3S. The number of carbonyl (C=O) groups is 1. The van der Waals surface area contributed by atoms with Gasteiger partial charge < -0.3 is 5.32 Å². The van der Waals surface area contributed by atoms with Crippen LogP contribution in [0.15, 0.2) is 48.5 Å². The average molecular weight is 415 g/mol. The van der Waals surface area contributed by atoms with E-state index in [1.807, 2.05) is 62.4 Å². The van der Waals surface area contributed by atoms with Crippen LogP contribution in [-0.2, 0) is 21.2 Å². The maximum atomic E-state index is 12.8. The molecule has 1 fully saturated rings. The van der Waals surface area contributed by atoms with Crippen molar-refractivity contribution in [2.75, 3.05) is 24.2 Å². The third-order valence-electron chi connectivity index (χ3n) is 5.63. The highest BCUT2D eigenvalue weighted by molar-refractivity contribution is 7.89. The van der Waals surface area contributed by atoms with Gasteiger partial charge in [-0.25, -0.2) is 12.7 Å². The highest BCUT2D eigenvalue weighted by Gasteiger charge is 2.32. The molecule has 1 unspecified atom stereocenters. The van der Waals surface area contributed by atoms with E-state index < -0.39 is 10.0 Å². The van der Waals surface area contributed by atoms with Crippen LogP contribution in [0.25, 0.3) is 0 Å². The highest BCUT2D eigenvalue weighted by Crippen LogP contribution is 2.22. The lowest BCUT2D eigenvalue weighted by Gasteiger charge is -2.31. The predicted octanol–water partition coefficient (Wildman–Crippen LogP) is 3.92. The average Bonchev–Trinajstić information content (AvgIpc) is 2.71. The van der Waals surface area contributed by atoms with Crippen LogP contribution in [0.4, 0.5) is 5.69 Å². The van der Waals surface area contributed by atoms with Crippen LogP contribution < -0.4 is 5.32 Å². The van der Waals surface area contributed by atoms with Gasteiger partial charge in [0.2, 0.25) is 15.9 Å².